The summed E-state index contributed by atoms with van der Waals surface area (Å²) in [6.45, 7) is 3.51. The second-order valence-electron chi connectivity index (χ2n) is 5.60. The smallest absolute Gasteiger partial charge is 0.238 e. The minimum atomic E-state index is -0.768. The van der Waals surface area contributed by atoms with Crippen LogP contribution in [0.15, 0.2) is 48.5 Å². The van der Waals surface area contributed by atoms with Gasteiger partial charge in [0.05, 0.1) is 6.54 Å². The average molecular weight is 332 g/mol. The number of para-hydroxylation sites is 1. The van der Waals surface area contributed by atoms with Crippen LogP contribution in [0.1, 0.15) is 18.9 Å². The van der Waals surface area contributed by atoms with Crippen LogP contribution in [0.5, 0.6) is 0 Å². The molecule has 24 heavy (non-hydrogen) atoms. The summed E-state index contributed by atoms with van der Waals surface area (Å²) in [6.07, 6.45) is 1.85. The first kappa shape index (κ1) is 18.1. The van der Waals surface area contributed by atoms with Gasteiger partial charge in [0, 0.05) is 0 Å². The Hall–Kier alpha value is -2.27. The molecule has 0 aliphatic heterocycles. The lowest BCUT2D eigenvalue weighted by atomic mass is 10.1. The third-order valence-electron chi connectivity index (χ3n) is 3.82. The molecule has 2 aromatic carbocycles. The number of benzene rings is 2. The monoisotopic (exact) mass is 332 g/mol. The van der Waals surface area contributed by atoms with E-state index < -0.39 is 17.5 Å². The summed E-state index contributed by atoms with van der Waals surface area (Å²) in [5, 5.41) is 2.32. The maximum absolute atomic E-state index is 13.6. The number of carbonyl (C=O) groups is 1. The number of nitrogens with zero attached hydrogens (tertiary/aromatic N) is 1. The van der Waals surface area contributed by atoms with Crippen molar-refractivity contribution in [3.63, 3.8) is 0 Å². The van der Waals surface area contributed by atoms with Crippen LogP contribution in [-0.2, 0) is 11.2 Å². The number of likely N-dealkylation sites (N-methyl/N-ethyl adjacent to an activating group) is 1. The first-order chi connectivity index (χ1) is 11.6. The number of halogens is 2. The lowest BCUT2D eigenvalue weighted by molar-refractivity contribution is -0.117. The molecule has 128 valence electrons. The molecule has 0 heterocycles. The predicted octanol–water partition coefficient (Wildman–Crippen LogP) is 3.86. The van der Waals surface area contributed by atoms with Crippen molar-refractivity contribution in [1.82, 2.24) is 4.90 Å². The van der Waals surface area contributed by atoms with E-state index in [0.29, 0.717) is 6.54 Å². The highest BCUT2D eigenvalue weighted by Gasteiger charge is 2.14. The van der Waals surface area contributed by atoms with Gasteiger partial charge >= 0.3 is 0 Å². The summed E-state index contributed by atoms with van der Waals surface area (Å²) in [7, 11) is 0. The molecular weight excluding hydrogens is 310 g/mol. The van der Waals surface area contributed by atoms with Crippen molar-refractivity contribution in [3.05, 3.63) is 65.7 Å². The molecule has 0 radical (unpaired) electrons. The Labute approximate surface area is 141 Å². The second kappa shape index (κ2) is 9.13. The number of anilines is 1. The largest absolute Gasteiger partial charge is 0.320 e. The van der Waals surface area contributed by atoms with E-state index in [9.17, 15) is 13.6 Å². The van der Waals surface area contributed by atoms with Crippen LogP contribution in [0, 0.1) is 11.6 Å². The molecule has 0 atom stereocenters. The van der Waals surface area contributed by atoms with Gasteiger partial charge in [0.25, 0.3) is 0 Å². The SMILES string of the molecule is CCN(CCCc1ccccc1)CC(=O)Nc1c(F)cccc1F. The number of hydrogen-bond acceptors (Lipinski definition) is 2. The van der Waals surface area contributed by atoms with Crippen molar-refractivity contribution in [3.8, 4) is 0 Å². The number of aryl methyl sites for hydroxylation is 1. The van der Waals surface area contributed by atoms with Crippen LogP contribution in [0.4, 0.5) is 14.5 Å². The molecule has 1 N–H and O–H groups in total. The van der Waals surface area contributed by atoms with Crippen LogP contribution in [0.25, 0.3) is 0 Å². The minimum Gasteiger partial charge on any atom is -0.320 e. The Kier molecular flexibility index (Phi) is 6.88. The fourth-order valence-electron chi connectivity index (χ4n) is 2.50. The third kappa shape index (κ3) is 5.42. The zero-order valence-electron chi connectivity index (χ0n) is 13.8. The molecule has 2 rings (SSSR count). The molecule has 1 amide bonds. The highest BCUT2D eigenvalue weighted by molar-refractivity contribution is 5.92. The topological polar surface area (TPSA) is 32.3 Å². The number of rotatable bonds is 8. The van der Waals surface area contributed by atoms with Gasteiger partial charge in [-0.1, -0.05) is 43.3 Å². The second-order valence-corrected chi connectivity index (χ2v) is 5.60. The van der Waals surface area contributed by atoms with E-state index in [-0.39, 0.29) is 12.2 Å². The molecule has 0 spiro atoms. The molecule has 0 unspecified atom stereocenters. The van der Waals surface area contributed by atoms with Gasteiger partial charge in [-0.3, -0.25) is 9.69 Å². The van der Waals surface area contributed by atoms with Gasteiger partial charge in [-0.2, -0.15) is 0 Å². The first-order valence-electron chi connectivity index (χ1n) is 8.10. The zero-order valence-corrected chi connectivity index (χ0v) is 13.8. The van der Waals surface area contributed by atoms with Crippen molar-refractivity contribution in [2.45, 2.75) is 19.8 Å². The number of nitrogens with one attached hydrogen (secondary N) is 1. The molecule has 0 aliphatic carbocycles. The van der Waals surface area contributed by atoms with Crippen LogP contribution >= 0.6 is 0 Å². The number of hydrogen-bond donors (Lipinski definition) is 1. The lowest BCUT2D eigenvalue weighted by Crippen LogP contribution is -2.34. The van der Waals surface area contributed by atoms with E-state index in [4.69, 9.17) is 0 Å². The summed E-state index contributed by atoms with van der Waals surface area (Å²) in [5.41, 5.74) is 0.870. The van der Waals surface area contributed by atoms with Crippen molar-refractivity contribution in [1.29, 1.82) is 0 Å². The normalized spacial score (nSPS) is 10.8. The fourth-order valence-corrected chi connectivity index (χ4v) is 2.50. The molecule has 0 aliphatic rings. The van der Waals surface area contributed by atoms with Gasteiger partial charge in [-0.25, -0.2) is 8.78 Å². The van der Waals surface area contributed by atoms with Gasteiger partial charge in [0.15, 0.2) is 0 Å². The summed E-state index contributed by atoms with van der Waals surface area (Å²) >= 11 is 0. The van der Waals surface area contributed by atoms with E-state index in [1.807, 2.05) is 30.0 Å². The standard InChI is InChI=1S/C19H22F2N2O/c1-2-23(13-7-10-15-8-4-3-5-9-15)14-18(24)22-19-16(20)11-6-12-17(19)21/h3-6,8-9,11-12H,2,7,10,13-14H2,1H3,(H,22,24). The lowest BCUT2D eigenvalue weighted by Gasteiger charge is -2.20. The summed E-state index contributed by atoms with van der Waals surface area (Å²) in [4.78, 5) is 14.0. The highest BCUT2D eigenvalue weighted by Crippen LogP contribution is 2.17. The molecule has 0 saturated carbocycles. The summed E-state index contributed by atoms with van der Waals surface area (Å²) in [5.74, 6) is -1.95. The van der Waals surface area contributed by atoms with Gasteiger partial charge < -0.3 is 5.32 Å². The molecule has 3 nitrogen and oxygen atoms in total. The van der Waals surface area contributed by atoms with Crippen LogP contribution in [0.2, 0.25) is 0 Å². The molecule has 0 aromatic heterocycles. The Morgan fingerprint density at radius 3 is 2.33 bits per heavy atom. The maximum atomic E-state index is 13.6. The molecule has 5 heteroatoms. The third-order valence-corrected chi connectivity index (χ3v) is 3.82. The predicted molar refractivity (Wildman–Crippen MR) is 91.9 cm³/mol. The number of amides is 1. The number of carbonyl (C=O) groups excluding carboxylic acids is 1. The Balaban J connectivity index is 1.82. The molecule has 2 aromatic rings. The zero-order chi connectivity index (χ0) is 17.4. The summed E-state index contributed by atoms with van der Waals surface area (Å²) < 4.78 is 27.1. The van der Waals surface area contributed by atoms with Gasteiger partial charge in [0.2, 0.25) is 5.91 Å². The van der Waals surface area contributed by atoms with Crippen molar-refractivity contribution in [2.24, 2.45) is 0 Å². The van der Waals surface area contributed by atoms with Gasteiger partial charge in [-0.15, -0.1) is 0 Å². The first-order valence-corrected chi connectivity index (χ1v) is 8.10. The van der Waals surface area contributed by atoms with E-state index in [1.54, 1.807) is 0 Å². The molecule has 0 saturated heterocycles. The van der Waals surface area contributed by atoms with Gasteiger partial charge in [-0.05, 0) is 43.6 Å². The maximum Gasteiger partial charge on any atom is 0.238 e. The summed E-state index contributed by atoms with van der Waals surface area (Å²) in [6, 6.07) is 13.6. The van der Waals surface area contributed by atoms with Crippen molar-refractivity contribution in [2.75, 3.05) is 25.0 Å². The highest BCUT2D eigenvalue weighted by atomic mass is 19.1. The Morgan fingerprint density at radius 1 is 1.04 bits per heavy atom. The fraction of sp³-hybridized carbons (Fsp3) is 0.316. The van der Waals surface area contributed by atoms with Crippen LogP contribution < -0.4 is 5.32 Å². The van der Waals surface area contributed by atoms with Crippen molar-refractivity contribution < 1.29 is 13.6 Å². The molecular formula is C19H22F2N2O. The van der Waals surface area contributed by atoms with Gasteiger partial charge in [0.1, 0.15) is 17.3 Å². The van der Waals surface area contributed by atoms with Crippen molar-refractivity contribution >= 4 is 11.6 Å². The van der Waals surface area contributed by atoms with E-state index >= 15 is 0 Å². The van der Waals surface area contributed by atoms with Crippen LogP contribution in [-0.4, -0.2) is 30.4 Å². The van der Waals surface area contributed by atoms with E-state index in [1.165, 1.54) is 11.6 Å². The average Bonchev–Trinajstić information content (AvgIpc) is 2.58. The molecule has 0 fully saturated rings. The Bertz CT molecular complexity index is 641. The van der Waals surface area contributed by atoms with Crippen LogP contribution in [0.3, 0.4) is 0 Å². The van der Waals surface area contributed by atoms with E-state index in [2.05, 4.69) is 17.4 Å². The minimum absolute atomic E-state index is 0.110. The Morgan fingerprint density at radius 2 is 1.71 bits per heavy atom. The van der Waals surface area contributed by atoms with E-state index in [0.717, 1.165) is 31.5 Å². The quantitative estimate of drug-likeness (QED) is 0.796. The molecule has 0 bridgehead atoms.